The fourth-order valence-corrected chi connectivity index (χ4v) is 2.86. The molecule has 1 aromatic heterocycles. The number of aliphatic hydroxyl groups is 1. The van der Waals surface area contributed by atoms with Gasteiger partial charge in [0, 0.05) is 29.7 Å². The minimum atomic E-state index is 0.0378. The molecule has 4 nitrogen and oxygen atoms in total. The summed E-state index contributed by atoms with van der Waals surface area (Å²) in [5.74, 6) is 0.119. The van der Waals surface area contributed by atoms with Crippen molar-refractivity contribution in [1.82, 2.24) is 9.88 Å². The third-order valence-corrected chi connectivity index (χ3v) is 4.19. The summed E-state index contributed by atoms with van der Waals surface area (Å²) in [5.41, 5.74) is 2.10. The third-order valence-electron chi connectivity index (χ3n) is 4.19. The lowest BCUT2D eigenvalue weighted by Crippen LogP contribution is -2.46. The average molecular weight is 272 g/mol. The Hall–Kier alpha value is -1.81. The quantitative estimate of drug-likeness (QED) is 0.875. The molecule has 1 heterocycles. The number of aromatic amines is 1. The second kappa shape index (κ2) is 5.67. The number of nitrogens with zero attached hydrogens (tertiary/aromatic N) is 1. The number of carbonyl (C=O) groups is 1. The van der Waals surface area contributed by atoms with Crippen LogP contribution in [0.25, 0.3) is 10.9 Å². The van der Waals surface area contributed by atoms with E-state index >= 15 is 0 Å². The molecule has 1 aromatic carbocycles. The van der Waals surface area contributed by atoms with Gasteiger partial charge in [-0.15, -0.1) is 0 Å². The molecule has 0 spiro atoms. The van der Waals surface area contributed by atoms with E-state index < -0.39 is 0 Å². The Kier molecular flexibility index (Phi) is 3.74. The second-order valence-corrected chi connectivity index (χ2v) is 5.43. The first kappa shape index (κ1) is 13.2. The molecule has 0 bridgehead atoms. The first-order valence-electron chi connectivity index (χ1n) is 7.25. The van der Waals surface area contributed by atoms with E-state index in [0.29, 0.717) is 19.0 Å². The number of hydrogen-bond donors (Lipinski definition) is 2. The normalized spacial score (nSPS) is 15.2. The smallest absolute Gasteiger partial charge is 0.227 e. The van der Waals surface area contributed by atoms with Crippen molar-refractivity contribution in [2.24, 2.45) is 0 Å². The van der Waals surface area contributed by atoms with Crippen LogP contribution in [-0.2, 0) is 11.2 Å². The predicted octanol–water partition coefficient (Wildman–Crippen LogP) is 2.08. The summed E-state index contributed by atoms with van der Waals surface area (Å²) >= 11 is 0. The molecule has 106 valence electrons. The molecule has 2 aromatic rings. The number of nitrogens with one attached hydrogen (secondary N) is 1. The highest BCUT2D eigenvalue weighted by Gasteiger charge is 2.28. The summed E-state index contributed by atoms with van der Waals surface area (Å²) in [4.78, 5) is 17.5. The Labute approximate surface area is 118 Å². The molecule has 1 amide bonds. The summed E-state index contributed by atoms with van der Waals surface area (Å²) in [7, 11) is 0. The lowest BCUT2D eigenvalue weighted by atomic mass is 9.91. The van der Waals surface area contributed by atoms with Crippen LogP contribution < -0.4 is 0 Å². The topological polar surface area (TPSA) is 56.3 Å². The Morgan fingerprint density at radius 3 is 2.85 bits per heavy atom. The molecule has 1 fully saturated rings. The number of aromatic nitrogens is 1. The van der Waals surface area contributed by atoms with Crippen LogP contribution in [0.15, 0.2) is 30.5 Å². The average Bonchev–Trinajstić information content (AvgIpc) is 2.80. The predicted molar refractivity (Wildman–Crippen MR) is 78.4 cm³/mol. The molecule has 3 rings (SSSR count). The Morgan fingerprint density at radius 1 is 1.35 bits per heavy atom. The fraction of sp³-hybridized carbons (Fsp3) is 0.438. The number of para-hydroxylation sites is 1. The van der Waals surface area contributed by atoms with E-state index in [9.17, 15) is 4.79 Å². The SMILES string of the molecule is O=C(Cc1c[nH]c2ccccc12)N(CCO)C1CCC1. The number of aliphatic hydroxyl groups excluding tert-OH is 1. The molecular weight excluding hydrogens is 252 g/mol. The van der Waals surface area contributed by atoms with Gasteiger partial charge in [-0.25, -0.2) is 0 Å². The number of fused-ring (bicyclic) bond motifs is 1. The van der Waals surface area contributed by atoms with E-state index in [1.807, 2.05) is 35.4 Å². The van der Waals surface area contributed by atoms with Crippen molar-refractivity contribution in [3.05, 3.63) is 36.0 Å². The molecule has 1 aliphatic carbocycles. The molecule has 4 heteroatoms. The number of H-pyrrole nitrogens is 1. The maximum atomic E-state index is 12.5. The van der Waals surface area contributed by atoms with Crippen molar-refractivity contribution >= 4 is 16.8 Å². The number of hydrogen-bond acceptors (Lipinski definition) is 2. The molecular formula is C16H20N2O2. The molecule has 0 unspecified atom stereocenters. The number of amides is 1. The zero-order valence-electron chi connectivity index (χ0n) is 11.5. The van der Waals surface area contributed by atoms with Gasteiger partial charge >= 0.3 is 0 Å². The van der Waals surface area contributed by atoms with Crippen molar-refractivity contribution in [2.45, 2.75) is 31.7 Å². The lowest BCUT2D eigenvalue weighted by Gasteiger charge is -2.37. The largest absolute Gasteiger partial charge is 0.395 e. The molecule has 0 aliphatic heterocycles. The van der Waals surface area contributed by atoms with E-state index in [0.717, 1.165) is 29.3 Å². The fourth-order valence-electron chi connectivity index (χ4n) is 2.86. The van der Waals surface area contributed by atoms with E-state index in [-0.39, 0.29) is 12.5 Å². The van der Waals surface area contributed by atoms with Gasteiger partial charge in [0.25, 0.3) is 0 Å². The maximum absolute atomic E-state index is 12.5. The van der Waals surface area contributed by atoms with Crippen LogP contribution in [0.5, 0.6) is 0 Å². The van der Waals surface area contributed by atoms with E-state index in [4.69, 9.17) is 5.11 Å². The van der Waals surface area contributed by atoms with Gasteiger partial charge in [-0.05, 0) is 30.9 Å². The number of carbonyl (C=O) groups excluding carboxylic acids is 1. The van der Waals surface area contributed by atoms with Gasteiger partial charge in [-0.1, -0.05) is 18.2 Å². The van der Waals surface area contributed by atoms with Gasteiger partial charge in [0.15, 0.2) is 0 Å². The molecule has 1 aliphatic rings. The first-order valence-corrected chi connectivity index (χ1v) is 7.25. The van der Waals surface area contributed by atoms with Crippen molar-refractivity contribution in [1.29, 1.82) is 0 Å². The van der Waals surface area contributed by atoms with E-state index in [1.54, 1.807) is 0 Å². The van der Waals surface area contributed by atoms with Crippen LogP contribution in [0.4, 0.5) is 0 Å². The van der Waals surface area contributed by atoms with Crippen LogP contribution in [0, 0.1) is 0 Å². The number of rotatable bonds is 5. The summed E-state index contributed by atoms with van der Waals surface area (Å²) in [6.45, 7) is 0.488. The summed E-state index contributed by atoms with van der Waals surface area (Å²) in [6.07, 6.45) is 5.65. The zero-order valence-corrected chi connectivity index (χ0v) is 11.5. The van der Waals surface area contributed by atoms with Crippen LogP contribution in [-0.4, -0.2) is 40.1 Å². The van der Waals surface area contributed by atoms with Gasteiger partial charge in [-0.2, -0.15) is 0 Å². The van der Waals surface area contributed by atoms with Gasteiger partial charge in [0.2, 0.25) is 5.91 Å². The second-order valence-electron chi connectivity index (χ2n) is 5.43. The van der Waals surface area contributed by atoms with Crippen LogP contribution >= 0.6 is 0 Å². The minimum Gasteiger partial charge on any atom is -0.395 e. The zero-order chi connectivity index (χ0) is 13.9. The Bertz CT molecular complexity index is 601. The standard InChI is InChI=1S/C16H20N2O2/c19-9-8-18(13-4-3-5-13)16(20)10-12-11-17-15-7-2-1-6-14(12)15/h1-2,6-7,11,13,17,19H,3-5,8-10H2. The maximum Gasteiger partial charge on any atom is 0.227 e. The molecule has 20 heavy (non-hydrogen) atoms. The Balaban J connectivity index is 1.76. The van der Waals surface area contributed by atoms with E-state index in [2.05, 4.69) is 4.98 Å². The van der Waals surface area contributed by atoms with Gasteiger partial charge in [0.1, 0.15) is 0 Å². The van der Waals surface area contributed by atoms with E-state index in [1.165, 1.54) is 6.42 Å². The first-order chi connectivity index (χ1) is 9.79. The summed E-state index contributed by atoms with van der Waals surface area (Å²) in [5, 5.41) is 10.3. The van der Waals surface area contributed by atoms with Crippen LogP contribution in [0.2, 0.25) is 0 Å². The molecule has 0 atom stereocenters. The third kappa shape index (κ3) is 2.43. The van der Waals surface area contributed by atoms with Crippen molar-refractivity contribution in [3.8, 4) is 0 Å². The summed E-state index contributed by atoms with van der Waals surface area (Å²) in [6, 6.07) is 8.35. The minimum absolute atomic E-state index is 0.0378. The molecule has 1 saturated carbocycles. The Morgan fingerprint density at radius 2 is 2.15 bits per heavy atom. The summed E-state index contributed by atoms with van der Waals surface area (Å²) < 4.78 is 0. The monoisotopic (exact) mass is 272 g/mol. The van der Waals surface area contributed by atoms with Gasteiger partial charge in [-0.3, -0.25) is 4.79 Å². The van der Waals surface area contributed by atoms with Crippen molar-refractivity contribution < 1.29 is 9.90 Å². The number of benzene rings is 1. The highest BCUT2D eigenvalue weighted by atomic mass is 16.3. The highest BCUT2D eigenvalue weighted by molar-refractivity contribution is 5.89. The van der Waals surface area contributed by atoms with Crippen LogP contribution in [0.1, 0.15) is 24.8 Å². The molecule has 0 saturated heterocycles. The lowest BCUT2D eigenvalue weighted by molar-refractivity contribution is -0.135. The van der Waals surface area contributed by atoms with Crippen molar-refractivity contribution in [2.75, 3.05) is 13.2 Å². The van der Waals surface area contributed by atoms with Gasteiger partial charge in [0.05, 0.1) is 13.0 Å². The molecule has 2 N–H and O–H groups in total. The molecule has 0 radical (unpaired) electrons. The van der Waals surface area contributed by atoms with Crippen molar-refractivity contribution in [3.63, 3.8) is 0 Å². The van der Waals surface area contributed by atoms with Crippen LogP contribution in [0.3, 0.4) is 0 Å². The van der Waals surface area contributed by atoms with Gasteiger partial charge < -0.3 is 15.0 Å². The highest BCUT2D eigenvalue weighted by Crippen LogP contribution is 2.26.